The van der Waals surface area contributed by atoms with Crippen molar-refractivity contribution in [3.05, 3.63) is 48.0 Å². The summed E-state index contributed by atoms with van der Waals surface area (Å²) < 4.78 is 16.5. The second kappa shape index (κ2) is 8.89. The van der Waals surface area contributed by atoms with Crippen LogP contribution in [0.15, 0.2) is 42.5 Å². The zero-order valence-corrected chi connectivity index (χ0v) is 15.4. The number of nitrogens with one attached hydrogen (secondary N) is 1. The molecule has 1 atom stereocenters. The maximum Gasteiger partial charge on any atom is 0.265 e. The number of benzene rings is 2. The lowest BCUT2D eigenvalue weighted by Gasteiger charge is -2.18. The molecule has 0 saturated heterocycles. The lowest BCUT2D eigenvalue weighted by Crippen LogP contribution is -2.30. The first-order chi connectivity index (χ1) is 12.5. The first kappa shape index (κ1) is 19.3. The number of Topliss-reactive ketones (excluding diaryl/α,β-unsaturated/α-hetero) is 1. The number of para-hydroxylation sites is 2. The minimum absolute atomic E-state index is 0.0758. The van der Waals surface area contributed by atoms with Gasteiger partial charge in [0.15, 0.2) is 23.4 Å². The topological polar surface area (TPSA) is 73.9 Å². The molecule has 0 aliphatic heterocycles. The van der Waals surface area contributed by atoms with Gasteiger partial charge in [-0.3, -0.25) is 9.59 Å². The van der Waals surface area contributed by atoms with E-state index in [2.05, 4.69) is 5.32 Å². The van der Waals surface area contributed by atoms with Crippen molar-refractivity contribution in [2.24, 2.45) is 0 Å². The molecule has 6 heteroatoms. The van der Waals surface area contributed by atoms with Crippen molar-refractivity contribution in [2.45, 2.75) is 26.9 Å². The minimum Gasteiger partial charge on any atom is -0.493 e. The van der Waals surface area contributed by atoms with Crippen molar-refractivity contribution in [1.82, 2.24) is 0 Å². The Morgan fingerprint density at radius 3 is 2.46 bits per heavy atom. The van der Waals surface area contributed by atoms with Crippen molar-refractivity contribution in [1.29, 1.82) is 0 Å². The van der Waals surface area contributed by atoms with Crippen LogP contribution in [0, 0.1) is 0 Å². The fourth-order valence-electron chi connectivity index (χ4n) is 2.31. The molecular formula is C20H23NO5. The van der Waals surface area contributed by atoms with Crippen LogP contribution >= 0.6 is 0 Å². The molecule has 0 bridgehead atoms. The van der Waals surface area contributed by atoms with Gasteiger partial charge in [-0.25, -0.2) is 0 Å². The van der Waals surface area contributed by atoms with E-state index in [4.69, 9.17) is 14.2 Å². The van der Waals surface area contributed by atoms with Crippen LogP contribution in [0.1, 0.15) is 31.1 Å². The first-order valence-electron chi connectivity index (χ1n) is 8.34. The van der Waals surface area contributed by atoms with E-state index in [0.717, 1.165) is 0 Å². The van der Waals surface area contributed by atoms with Gasteiger partial charge in [-0.05, 0) is 51.1 Å². The maximum atomic E-state index is 12.5. The van der Waals surface area contributed by atoms with Gasteiger partial charge < -0.3 is 19.5 Å². The van der Waals surface area contributed by atoms with E-state index < -0.39 is 6.10 Å². The number of ether oxygens (including phenoxy) is 3. The Kier molecular flexibility index (Phi) is 6.60. The molecule has 0 spiro atoms. The predicted molar refractivity (Wildman–Crippen MR) is 99.3 cm³/mol. The van der Waals surface area contributed by atoms with Gasteiger partial charge >= 0.3 is 0 Å². The highest BCUT2D eigenvalue weighted by Crippen LogP contribution is 2.30. The maximum absolute atomic E-state index is 12.5. The Balaban J connectivity index is 2.11. The SMILES string of the molecule is CCOc1ccccc1NC(=O)[C@H](C)Oc1ccc(C(C)=O)cc1OC. The van der Waals surface area contributed by atoms with Crippen LogP contribution in [0.4, 0.5) is 5.69 Å². The van der Waals surface area contributed by atoms with Crippen molar-refractivity contribution in [2.75, 3.05) is 19.0 Å². The molecule has 1 N–H and O–H groups in total. The van der Waals surface area contributed by atoms with E-state index in [-0.39, 0.29) is 11.7 Å². The van der Waals surface area contributed by atoms with Gasteiger partial charge in [-0.15, -0.1) is 0 Å². The monoisotopic (exact) mass is 357 g/mol. The molecule has 0 unspecified atom stereocenters. The highest BCUT2D eigenvalue weighted by molar-refractivity contribution is 5.96. The van der Waals surface area contributed by atoms with E-state index in [9.17, 15) is 9.59 Å². The molecule has 0 aliphatic rings. The Morgan fingerprint density at radius 1 is 1.08 bits per heavy atom. The quantitative estimate of drug-likeness (QED) is 0.729. The summed E-state index contributed by atoms with van der Waals surface area (Å²) in [6, 6.07) is 12.0. The smallest absolute Gasteiger partial charge is 0.265 e. The molecule has 2 aromatic carbocycles. The standard InChI is InChI=1S/C20H23NO5/c1-5-25-17-9-7-6-8-16(17)21-20(23)14(3)26-18-11-10-15(13(2)22)12-19(18)24-4/h6-12,14H,5H2,1-4H3,(H,21,23)/t14-/m0/s1. The molecule has 0 saturated carbocycles. The molecule has 6 nitrogen and oxygen atoms in total. The van der Waals surface area contributed by atoms with Gasteiger partial charge in [0.05, 0.1) is 19.4 Å². The molecule has 26 heavy (non-hydrogen) atoms. The van der Waals surface area contributed by atoms with E-state index in [1.165, 1.54) is 14.0 Å². The third-order valence-corrected chi connectivity index (χ3v) is 3.69. The predicted octanol–water partition coefficient (Wildman–Crippen LogP) is 3.70. The summed E-state index contributed by atoms with van der Waals surface area (Å²) in [6.45, 7) is 5.48. The van der Waals surface area contributed by atoms with Gasteiger partial charge in [0.25, 0.3) is 5.91 Å². The lowest BCUT2D eigenvalue weighted by atomic mass is 10.1. The van der Waals surface area contributed by atoms with Crippen LogP contribution in [0.2, 0.25) is 0 Å². The van der Waals surface area contributed by atoms with Gasteiger partial charge in [-0.1, -0.05) is 12.1 Å². The van der Waals surface area contributed by atoms with Gasteiger partial charge in [0.2, 0.25) is 0 Å². The van der Waals surface area contributed by atoms with Crippen molar-refractivity contribution in [3.63, 3.8) is 0 Å². The fourth-order valence-corrected chi connectivity index (χ4v) is 2.31. The summed E-state index contributed by atoms with van der Waals surface area (Å²) >= 11 is 0. The lowest BCUT2D eigenvalue weighted by molar-refractivity contribution is -0.122. The number of hydrogen-bond acceptors (Lipinski definition) is 5. The molecule has 0 heterocycles. The number of methoxy groups -OCH3 is 1. The number of anilines is 1. The third-order valence-electron chi connectivity index (χ3n) is 3.69. The molecule has 1 amide bonds. The fraction of sp³-hybridized carbons (Fsp3) is 0.300. The van der Waals surface area contributed by atoms with Gasteiger partial charge in [0, 0.05) is 5.56 Å². The summed E-state index contributed by atoms with van der Waals surface area (Å²) in [4.78, 5) is 23.9. The Labute approximate surface area is 153 Å². The van der Waals surface area contributed by atoms with Gasteiger partial charge in [-0.2, -0.15) is 0 Å². The summed E-state index contributed by atoms with van der Waals surface area (Å²) in [7, 11) is 1.48. The van der Waals surface area contributed by atoms with Gasteiger partial charge in [0.1, 0.15) is 5.75 Å². The average molecular weight is 357 g/mol. The molecule has 2 rings (SSSR count). The molecular weight excluding hydrogens is 334 g/mol. The van der Waals surface area contributed by atoms with Crippen molar-refractivity contribution in [3.8, 4) is 17.2 Å². The highest BCUT2D eigenvalue weighted by atomic mass is 16.5. The zero-order chi connectivity index (χ0) is 19.1. The summed E-state index contributed by atoms with van der Waals surface area (Å²) in [5, 5.41) is 2.80. The summed E-state index contributed by atoms with van der Waals surface area (Å²) in [5.74, 6) is 0.979. The number of hydrogen-bond donors (Lipinski definition) is 1. The van der Waals surface area contributed by atoms with Crippen LogP contribution in [-0.4, -0.2) is 31.5 Å². The molecule has 0 fully saturated rings. The second-order valence-corrected chi connectivity index (χ2v) is 5.60. The molecule has 0 aromatic heterocycles. The van der Waals surface area contributed by atoms with Crippen LogP contribution in [0.3, 0.4) is 0 Å². The summed E-state index contributed by atoms with van der Waals surface area (Å²) in [6.07, 6.45) is -0.776. The number of rotatable bonds is 8. The van der Waals surface area contributed by atoms with Crippen molar-refractivity contribution < 1.29 is 23.8 Å². The Bertz CT molecular complexity index is 788. The molecule has 2 aromatic rings. The van der Waals surface area contributed by atoms with Crippen LogP contribution in [0.25, 0.3) is 0 Å². The Morgan fingerprint density at radius 2 is 1.81 bits per heavy atom. The minimum atomic E-state index is -0.776. The first-order valence-corrected chi connectivity index (χ1v) is 8.34. The van der Waals surface area contributed by atoms with Crippen LogP contribution in [0.5, 0.6) is 17.2 Å². The molecule has 0 aliphatic carbocycles. The molecule has 0 radical (unpaired) electrons. The third kappa shape index (κ3) is 4.75. The zero-order valence-electron chi connectivity index (χ0n) is 15.4. The number of carbonyl (C=O) groups is 2. The van der Waals surface area contributed by atoms with E-state index in [0.29, 0.717) is 35.1 Å². The number of amides is 1. The van der Waals surface area contributed by atoms with Crippen LogP contribution < -0.4 is 19.5 Å². The number of ketones is 1. The second-order valence-electron chi connectivity index (χ2n) is 5.60. The largest absolute Gasteiger partial charge is 0.493 e. The normalized spacial score (nSPS) is 11.4. The highest BCUT2D eigenvalue weighted by Gasteiger charge is 2.19. The number of carbonyl (C=O) groups excluding carboxylic acids is 2. The van der Waals surface area contributed by atoms with E-state index in [1.54, 1.807) is 37.3 Å². The van der Waals surface area contributed by atoms with E-state index in [1.807, 2.05) is 19.1 Å². The summed E-state index contributed by atoms with van der Waals surface area (Å²) in [5.41, 5.74) is 1.09. The average Bonchev–Trinajstić information content (AvgIpc) is 2.63. The van der Waals surface area contributed by atoms with Crippen LogP contribution in [-0.2, 0) is 4.79 Å². The van der Waals surface area contributed by atoms with Crippen molar-refractivity contribution >= 4 is 17.4 Å². The molecule has 138 valence electrons. The van der Waals surface area contributed by atoms with E-state index >= 15 is 0 Å². The Hall–Kier alpha value is -3.02.